The molecule has 2 heterocycles. The van der Waals surface area contributed by atoms with E-state index in [1.165, 1.54) is 11.3 Å². The van der Waals surface area contributed by atoms with Crippen LogP contribution in [0, 0.1) is 0 Å². The molecule has 4 rings (SSSR count). The molecule has 136 valence electrons. The molecule has 8 heteroatoms. The predicted molar refractivity (Wildman–Crippen MR) is 108 cm³/mol. The van der Waals surface area contributed by atoms with Gasteiger partial charge in [0.1, 0.15) is 5.75 Å². The Balaban J connectivity index is 1.38. The lowest BCUT2D eigenvalue weighted by molar-refractivity contribution is 0.417. The fraction of sp³-hybridized carbons (Fsp3) is 0.105. The standard InChI is InChI=1S/C19H16N4O2S2/c1-24-16-10-6-5-9-15(16)20-18-21-22-19(27-18)26-12-14-11-17(25-23-14)13-7-3-2-4-8-13/h2-11H,12H2,1H3,(H,20,21). The summed E-state index contributed by atoms with van der Waals surface area (Å²) in [6.45, 7) is 0. The van der Waals surface area contributed by atoms with Gasteiger partial charge in [0.15, 0.2) is 10.1 Å². The van der Waals surface area contributed by atoms with Gasteiger partial charge in [-0.05, 0) is 12.1 Å². The predicted octanol–water partition coefficient (Wildman–Crippen LogP) is 5.24. The van der Waals surface area contributed by atoms with Gasteiger partial charge >= 0.3 is 0 Å². The SMILES string of the molecule is COc1ccccc1Nc1nnc(SCc2cc(-c3ccccc3)on2)s1. The first-order chi connectivity index (χ1) is 13.3. The Hall–Kier alpha value is -2.84. The fourth-order valence-electron chi connectivity index (χ4n) is 2.44. The molecule has 1 N–H and O–H groups in total. The summed E-state index contributed by atoms with van der Waals surface area (Å²) < 4.78 is 11.6. The monoisotopic (exact) mass is 396 g/mol. The molecular weight excluding hydrogens is 380 g/mol. The highest BCUT2D eigenvalue weighted by Gasteiger charge is 2.11. The Kier molecular flexibility index (Phi) is 5.36. The first-order valence-electron chi connectivity index (χ1n) is 8.19. The first kappa shape index (κ1) is 17.6. The van der Waals surface area contributed by atoms with Crippen LogP contribution < -0.4 is 10.1 Å². The lowest BCUT2D eigenvalue weighted by atomic mass is 10.2. The van der Waals surface area contributed by atoms with Gasteiger partial charge in [-0.1, -0.05) is 70.7 Å². The van der Waals surface area contributed by atoms with Crippen molar-refractivity contribution in [1.82, 2.24) is 15.4 Å². The zero-order chi connectivity index (χ0) is 18.5. The van der Waals surface area contributed by atoms with Gasteiger partial charge in [-0.25, -0.2) is 0 Å². The first-order valence-corrected chi connectivity index (χ1v) is 9.99. The third-order valence-corrected chi connectivity index (χ3v) is 5.72. The third-order valence-electron chi connectivity index (χ3n) is 3.72. The molecule has 0 spiro atoms. The topological polar surface area (TPSA) is 73.1 Å². The van der Waals surface area contributed by atoms with Crippen molar-refractivity contribution in [3.05, 3.63) is 66.4 Å². The zero-order valence-corrected chi connectivity index (χ0v) is 16.1. The number of aromatic nitrogens is 3. The lowest BCUT2D eigenvalue weighted by Crippen LogP contribution is -1.93. The van der Waals surface area contributed by atoms with Crippen LogP contribution in [0.2, 0.25) is 0 Å². The molecule has 4 aromatic rings. The van der Waals surface area contributed by atoms with Crippen LogP contribution in [0.5, 0.6) is 5.75 Å². The minimum atomic E-state index is 0.666. The fourth-order valence-corrected chi connectivity index (χ4v) is 4.08. The molecule has 0 fully saturated rings. The van der Waals surface area contributed by atoms with Crippen LogP contribution in [0.3, 0.4) is 0 Å². The van der Waals surface area contributed by atoms with E-state index in [0.717, 1.165) is 32.8 Å². The van der Waals surface area contributed by atoms with E-state index in [0.29, 0.717) is 10.9 Å². The van der Waals surface area contributed by atoms with E-state index in [-0.39, 0.29) is 0 Å². The lowest BCUT2D eigenvalue weighted by Gasteiger charge is -2.07. The summed E-state index contributed by atoms with van der Waals surface area (Å²) in [5.74, 6) is 2.19. The van der Waals surface area contributed by atoms with Crippen LogP contribution in [0.1, 0.15) is 5.69 Å². The molecule has 0 unspecified atom stereocenters. The van der Waals surface area contributed by atoms with E-state index in [4.69, 9.17) is 9.26 Å². The van der Waals surface area contributed by atoms with Crippen molar-refractivity contribution in [3.63, 3.8) is 0 Å². The van der Waals surface area contributed by atoms with E-state index in [9.17, 15) is 0 Å². The van der Waals surface area contributed by atoms with Gasteiger partial charge in [0.2, 0.25) is 5.13 Å². The van der Waals surface area contributed by atoms with Gasteiger partial charge in [0, 0.05) is 17.4 Å². The Labute approximate surface area is 164 Å². The highest BCUT2D eigenvalue weighted by molar-refractivity contribution is 8.00. The van der Waals surface area contributed by atoms with Gasteiger partial charge < -0.3 is 14.6 Å². The average Bonchev–Trinajstić information content (AvgIpc) is 3.37. The molecule has 0 aliphatic carbocycles. The molecule has 0 saturated carbocycles. The summed E-state index contributed by atoms with van der Waals surface area (Å²) in [6, 6.07) is 19.6. The normalized spacial score (nSPS) is 10.7. The van der Waals surface area contributed by atoms with Crippen molar-refractivity contribution in [2.45, 2.75) is 10.1 Å². The number of rotatable bonds is 7. The molecule has 0 bridgehead atoms. The molecule has 6 nitrogen and oxygen atoms in total. The average molecular weight is 396 g/mol. The van der Waals surface area contributed by atoms with Crippen molar-refractivity contribution < 1.29 is 9.26 Å². The quantitative estimate of drug-likeness (QED) is 0.428. The number of nitrogens with zero attached hydrogens (tertiary/aromatic N) is 3. The van der Waals surface area contributed by atoms with Crippen LogP contribution in [0.4, 0.5) is 10.8 Å². The minimum Gasteiger partial charge on any atom is -0.495 e. The van der Waals surface area contributed by atoms with Gasteiger partial charge in [0.05, 0.1) is 18.5 Å². The molecule has 2 aromatic heterocycles. The number of nitrogens with one attached hydrogen (secondary N) is 1. The maximum absolute atomic E-state index is 5.43. The van der Waals surface area contributed by atoms with E-state index in [1.54, 1.807) is 18.9 Å². The van der Waals surface area contributed by atoms with E-state index in [2.05, 4.69) is 20.7 Å². The van der Waals surface area contributed by atoms with Crippen LogP contribution in [0.15, 0.2) is 69.5 Å². The van der Waals surface area contributed by atoms with Crippen LogP contribution >= 0.6 is 23.1 Å². The van der Waals surface area contributed by atoms with Gasteiger partial charge in [0.25, 0.3) is 0 Å². The highest BCUT2D eigenvalue weighted by Crippen LogP contribution is 2.33. The maximum Gasteiger partial charge on any atom is 0.210 e. The van der Waals surface area contributed by atoms with Gasteiger partial charge in [-0.15, -0.1) is 10.2 Å². The van der Waals surface area contributed by atoms with E-state index in [1.807, 2.05) is 60.7 Å². The molecule has 0 amide bonds. The number of anilines is 2. The maximum atomic E-state index is 5.43. The van der Waals surface area contributed by atoms with Crippen molar-refractivity contribution >= 4 is 33.9 Å². The minimum absolute atomic E-state index is 0.666. The molecule has 0 aliphatic rings. The largest absolute Gasteiger partial charge is 0.495 e. The summed E-state index contributed by atoms with van der Waals surface area (Å²) in [5, 5.41) is 16.5. The number of thioether (sulfide) groups is 1. The van der Waals surface area contributed by atoms with Gasteiger partial charge in [-0.3, -0.25) is 0 Å². The Morgan fingerprint density at radius 2 is 1.89 bits per heavy atom. The summed E-state index contributed by atoms with van der Waals surface area (Å²) in [6.07, 6.45) is 0. The molecule has 27 heavy (non-hydrogen) atoms. The zero-order valence-electron chi connectivity index (χ0n) is 14.5. The smallest absolute Gasteiger partial charge is 0.210 e. The van der Waals surface area contributed by atoms with E-state index >= 15 is 0 Å². The van der Waals surface area contributed by atoms with Crippen LogP contribution in [-0.4, -0.2) is 22.5 Å². The number of methoxy groups -OCH3 is 1. The van der Waals surface area contributed by atoms with E-state index < -0.39 is 0 Å². The van der Waals surface area contributed by atoms with Crippen molar-refractivity contribution in [2.75, 3.05) is 12.4 Å². The molecule has 0 saturated heterocycles. The Bertz CT molecular complexity index is 1020. The number of ether oxygens (including phenoxy) is 1. The van der Waals surface area contributed by atoms with Crippen LogP contribution in [-0.2, 0) is 5.75 Å². The second-order valence-electron chi connectivity index (χ2n) is 5.54. The van der Waals surface area contributed by atoms with Crippen molar-refractivity contribution in [3.8, 4) is 17.1 Å². The van der Waals surface area contributed by atoms with Crippen molar-refractivity contribution in [1.29, 1.82) is 0 Å². The summed E-state index contributed by atoms with van der Waals surface area (Å²) >= 11 is 3.06. The molecule has 0 radical (unpaired) electrons. The third kappa shape index (κ3) is 4.29. The number of benzene rings is 2. The molecular formula is C19H16N4O2S2. The number of hydrogen-bond acceptors (Lipinski definition) is 8. The summed E-state index contributed by atoms with van der Waals surface area (Å²) in [7, 11) is 1.64. The number of hydrogen-bond donors (Lipinski definition) is 1. The Morgan fingerprint density at radius 1 is 1.07 bits per heavy atom. The Morgan fingerprint density at radius 3 is 2.74 bits per heavy atom. The molecule has 0 aliphatic heterocycles. The number of para-hydroxylation sites is 2. The van der Waals surface area contributed by atoms with Gasteiger partial charge in [-0.2, -0.15) is 0 Å². The summed E-state index contributed by atoms with van der Waals surface area (Å²) in [5.41, 5.74) is 2.74. The second-order valence-corrected chi connectivity index (χ2v) is 7.74. The highest BCUT2D eigenvalue weighted by atomic mass is 32.2. The molecule has 2 aromatic carbocycles. The van der Waals surface area contributed by atoms with Crippen molar-refractivity contribution in [2.24, 2.45) is 0 Å². The summed E-state index contributed by atoms with van der Waals surface area (Å²) in [4.78, 5) is 0. The van der Waals surface area contributed by atoms with Crippen LogP contribution in [0.25, 0.3) is 11.3 Å². The molecule has 0 atom stereocenters. The second kappa shape index (κ2) is 8.24.